The number of aliphatic hydroxyl groups is 2. The Hall–Kier alpha value is -0.0800. The van der Waals surface area contributed by atoms with Crippen molar-refractivity contribution >= 4 is 0 Å². The Bertz CT molecular complexity index is 156. The molecule has 0 amide bonds. The Morgan fingerprint density at radius 1 is 1.42 bits per heavy atom. The molecule has 0 unspecified atom stereocenters. The Labute approximate surface area is 74.6 Å². The van der Waals surface area contributed by atoms with E-state index in [0.29, 0.717) is 12.3 Å². The number of hydrogen-bond donors (Lipinski definition) is 2. The lowest BCUT2D eigenvalue weighted by Gasteiger charge is -2.40. The lowest BCUT2D eigenvalue weighted by molar-refractivity contribution is -0.0932. The van der Waals surface area contributed by atoms with E-state index in [1.165, 1.54) is 0 Å². The highest BCUT2D eigenvalue weighted by atomic mass is 16.3. The van der Waals surface area contributed by atoms with Crippen LogP contribution in [0.3, 0.4) is 0 Å². The van der Waals surface area contributed by atoms with Crippen LogP contribution in [-0.4, -0.2) is 21.9 Å². The Morgan fingerprint density at radius 2 is 2.00 bits per heavy atom. The number of aliphatic hydroxyl groups excluding tert-OH is 1. The summed E-state index contributed by atoms with van der Waals surface area (Å²) in [5.41, 5.74) is -0.619. The van der Waals surface area contributed by atoms with Gasteiger partial charge < -0.3 is 10.2 Å². The fourth-order valence-electron chi connectivity index (χ4n) is 1.86. The van der Waals surface area contributed by atoms with Gasteiger partial charge in [0, 0.05) is 6.42 Å². The molecule has 0 spiro atoms. The highest BCUT2D eigenvalue weighted by Gasteiger charge is 2.39. The second-order valence-corrected chi connectivity index (χ2v) is 4.55. The highest BCUT2D eigenvalue weighted by molar-refractivity contribution is 4.91. The van der Waals surface area contributed by atoms with E-state index in [2.05, 4.69) is 0 Å². The molecule has 0 saturated heterocycles. The standard InChI is InChI=1S/C10H20O2/c1-7(2)10(12)5-4-8(3)9(11)6-10/h7-9,11-12H,4-6H2,1-3H3/t8-,9-,10+/m0/s1. The molecule has 0 radical (unpaired) electrons. The van der Waals surface area contributed by atoms with Crippen LogP contribution >= 0.6 is 0 Å². The molecule has 0 heterocycles. The van der Waals surface area contributed by atoms with Gasteiger partial charge in [0.05, 0.1) is 11.7 Å². The maximum Gasteiger partial charge on any atom is 0.0695 e. The molecular weight excluding hydrogens is 152 g/mol. The van der Waals surface area contributed by atoms with E-state index in [9.17, 15) is 10.2 Å². The molecule has 1 fully saturated rings. The van der Waals surface area contributed by atoms with Crippen molar-refractivity contribution in [3.8, 4) is 0 Å². The van der Waals surface area contributed by atoms with Crippen molar-refractivity contribution in [3.05, 3.63) is 0 Å². The van der Waals surface area contributed by atoms with Crippen LogP contribution in [0.1, 0.15) is 40.0 Å². The molecule has 0 aliphatic heterocycles. The summed E-state index contributed by atoms with van der Waals surface area (Å²) in [6, 6.07) is 0. The van der Waals surface area contributed by atoms with Gasteiger partial charge >= 0.3 is 0 Å². The minimum absolute atomic E-state index is 0.250. The van der Waals surface area contributed by atoms with Crippen LogP contribution in [-0.2, 0) is 0 Å². The molecule has 1 saturated carbocycles. The molecule has 12 heavy (non-hydrogen) atoms. The van der Waals surface area contributed by atoms with Crippen LogP contribution < -0.4 is 0 Å². The van der Waals surface area contributed by atoms with Crippen molar-refractivity contribution in [1.29, 1.82) is 0 Å². The second-order valence-electron chi connectivity index (χ2n) is 4.55. The van der Waals surface area contributed by atoms with E-state index in [4.69, 9.17) is 0 Å². The molecule has 72 valence electrons. The summed E-state index contributed by atoms with van der Waals surface area (Å²) in [5.74, 6) is 0.601. The molecule has 3 atom stereocenters. The van der Waals surface area contributed by atoms with E-state index in [-0.39, 0.29) is 12.0 Å². The topological polar surface area (TPSA) is 40.5 Å². The van der Waals surface area contributed by atoms with Crippen molar-refractivity contribution in [2.45, 2.75) is 51.7 Å². The first kappa shape index (κ1) is 10.0. The predicted octanol–water partition coefficient (Wildman–Crippen LogP) is 1.55. The summed E-state index contributed by atoms with van der Waals surface area (Å²) in [4.78, 5) is 0. The Balaban J connectivity index is 2.60. The molecule has 0 bridgehead atoms. The van der Waals surface area contributed by atoms with Crippen LogP contribution in [0, 0.1) is 11.8 Å². The summed E-state index contributed by atoms with van der Waals surface area (Å²) in [5, 5.41) is 19.7. The van der Waals surface area contributed by atoms with E-state index in [0.717, 1.165) is 12.8 Å². The van der Waals surface area contributed by atoms with E-state index in [1.807, 2.05) is 20.8 Å². The molecule has 1 aliphatic rings. The lowest BCUT2D eigenvalue weighted by Crippen LogP contribution is -2.44. The zero-order chi connectivity index (χ0) is 9.35. The monoisotopic (exact) mass is 172 g/mol. The van der Waals surface area contributed by atoms with Gasteiger partial charge in [-0.15, -0.1) is 0 Å². The van der Waals surface area contributed by atoms with Gasteiger partial charge in [-0.3, -0.25) is 0 Å². The normalized spacial score (nSPS) is 43.5. The van der Waals surface area contributed by atoms with Gasteiger partial charge in [-0.25, -0.2) is 0 Å². The van der Waals surface area contributed by atoms with Gasteiger partial charge in [0.15, 0.2) is 0 Å². The smallest absolute Gasteiger partial charge is 0.0695 e. The summed E-state index contributed by atoms with van der Waals surface area (Å²) < 4.78 is 0. The quantitative estimate of drug-likeness (QED) is 0.630. The average molecular weight is 172 g/mol. The maximum absolute atomic E-state index is 10.1. The first-order valence-corrected chi connectivity index (χ1v) is 4.86. The molecule has 2 nitrogen and oxygen atoms in total. The third-order valence-corrected chi connectivity index (χ3v) is 3.33. The molecule has 1 rings (SSSR count). The van der Waals surface area contributed by atoms with Crippen molar-refractivity contribution in [2.24, 2.45) is 11.8 Å². The van der Waals surface area contributed by atoms with Gasteiger partial charge in [0.1, 0.15) is 0 Å². The first-order chi connectivity index (χ1) is 5.46. The van der Waals surface area contributed by atoms with Crippen LogP contribution in [0.2, 0.25) is 0 Å². The highest BCUT2D eigenvalue weighted by Crippen LogP contribution is 2.36. The van der Waals surface area contributed by atoms with E-state index < -0.39 is 5.60 Å². The molecule has 0 aromatic rings. The number of rotatable bonds is 1. The van der Waals surface area contributed by atoms with Gasteiger partial charge in [-0.2, -0.15) is 0 Å². The SMILES string of the molecule is CC(C)[C@@]1(O)CC[C@H](C)[C@@H](O)C1. The summed E-state index contributed by atoms with van der Waals surface area (Å²) >= 11 is 0. The van der Waals surface area contributed by atoms with Crippen LogP contribution in [0.15, 0.2) is 0 Å². The third kappa shape index (κ3) is 1.80. The minimum Gasteiger partial charge on any atom is -0.393 e. The van der Waals surface area contributed by atoms with Crippen molar-refractivity contribution in [2.75, 3.05) is 0 Å². The molecule has 2 heteroatoms. The summed E-state index contributed by atoms with van der Waals surface area (Å²) in [7, 11) is 0. The van der Waals surface area contributed by atoms with Crippen molar-refractivity contribution in [3.63, 3.8) is 0 Å². The molecular formula is C10H20O2. The fourth-order valence-corrected chi connectivity index (χ4v) is 1.86. The Morgan fingerprint density at radius 3 is 2.42 bits per heavy atom. The van der Waals surface area contributed by atoms with E-state index >= 15 is 0 Å². The van der Waals surface area contributed by atoms with Crippen molar-refractivity contribution < 1.29 is 10.2 Å². The molecule has 0 aromatic carbocycles. The zero-order valence-electron chi connectivity index (χ0n) is 8.25. The summed E-state index contributed by atoms with van der Waals surface area (Å²) in [6.45, 7) is 6.08. The van der Waals surface area contributed by atoms with Gasteiger partial charge in [0.25, 0.3) is 0 Å². The molecule has 1 aliphatic carbocycles. The molecule has 2 N–H and O–H groups in total. The zero-order valence-corrected chi connectivity index (χ0v) is 8.25. The van der Waals surface area contributed by atoms with Crippen LogP contribution in [0.5, 0.6) is 0 Å². The van der Waals surface area contributed by atoms with E-state index in [1.54, 1.807) is 0 Å². The molecule has 0 aromatic heterocycles. The average Bonchev–Trinajstić information content (AvgIpc) is 1.97. The largest absolute Gasteiger partial charge is 0.393 e. The summed E-state index contributed by atoms with van der Waals surface area (Å²) in [6.07, 6.45) is 2.01. The lowest BCUT2D eigenvalue weighted by atomic mass is 9.72. The third-order valence-electron chi connectivity index (χ3n) is 3.33. The van der Waals surface area contributed by atoms with Gasteiger partial charge in [0.2, 0.25) is 0 Å². The van der Waals surface area contributed by atoms with Gasteiger partial charge in [-0.05, 0) is 24.7 Å². The number of hydrogen-bond acceptors (Lipinski definition) is 2. The van der Waals surface area contributed by atoms with Gasteiger partial charge in [-0.1, -0.05) is 20.8 Å². The second kappa shape index (κ2) is 3.35. The first-order valence-electron chi connectivity index (χ1n) is 4.86. The van der Waals surface area contributed by atoms with Crippen LogP contribution in [0.4, 0.5) is 0 Å². The maximum atomic E-state index is 10.1. The minimum atomic E-state index is -0.619. The Kier molecular flexibility index (Phi) is 2.79. The van der Waals surface area contributed by atoms with Crippen molar-refractivity contribution in [1.82, 2.24) is 0 Å². The fraction of sp³-hybridized carbons (Fsp3) is 1.00. The predicted molar refractivity (Wildman–Crippen MR) is 48.8 cm³/mol. The van der Waals surface area contributed by atoms with Crippen LogP contribution in [0.25, 0.3) is 0 Å².